The van der Waals surface area contributed by atoms with Crippen LogP contribution in [0.3, 0.4) is 0 Å². The standard InChI is InChI=1S/C55H112NO7P/c1-3-5-7-9-11-13-15-17-18-19-20-21-22-23-24-25-26-27-28-29-30-31-32-33-34-35-36-37-38-40-42-44-46-48-55(57)63-54(53-62-64(58,59)61-51-49-56)52-60-50-47-45-43-41-39-16-14-12-10-8-6-4-2/h54H,3-53,56H2,1-2H3,(H,58,59)/t54-/m1/s1. The van der Waals surface area contributed by atoms with Gasteiger partial charge in [0.1, 0.15) is 6.10 Å². The molecule has 0 aliphatic rings. The molecule has 0 amide bonds. The summed E-state index contributed by atoms with van der Waals surface area (Å²) < 4.78 is 33.6. The van der Waals surface area contributed by atoms with Gasteiger partial charge >= 0.3 is 13.8 Å². The molecule has 0 heterocycles. The van der Waals surface area contributed by atoms with Gasteiger partial charge in [-0.1, -0.05) is 290 Å². The molecule has 3 N–H and O–H groups in total. The predicted molar refractivity (Wildman–Crippen MR) is 275 cm³/mol. The van der Waals surface area contributed by atoms with Crippen LogP contribution in [-0.4, -0.2) is 49.9 Å². The first-order valence-corrected chi connectivity index (χ1v) is 30.0. The molecule has 0 radical (unpaired) electrons. The molecular formula is C55H112NO7P. The molecule has 0 fully saturated rings. The number of carbonyl (C=O) groups is 1. The molecule has 0 rings (SSSR count). The zero-order valence-electron chi connectivity index (χ0n) is 43.1. The Hall–Kier alpha value is -0.500. The Morgan fingerprint density at radius 1 is 0.406 bits per heavy atom. The van der Waals surface area contributed by atoms with Crippen molar-refractivity contribution in [2.45, 2.75) is 315 Å². The van der Waals surface area contributed by atoms with Gasteiger partial charge in [0.15, 0.2) is 0 Å². The lowest BCUT2D eigenvalue weighted by Crippen LogP contribution is -2.28. The molecule has 9 heteroatoms. The van der Waals surface area contributed by atoms with Gasteiger partial charge in [-0.05, 0) is 12.8 Å². The predicted octanol–water partition coefficient (Wildman–Crippen LogP) is 18.0. The number of ether oxygens (including phenoxy) is 2. The smallest absolute Gasteiger partial charge is 0.457 e. The van der Waals surface area contributed by atoms with Crippen molar-refractivity contribution in [3.8, 4) is 0 Å². The second kappa shape index (κ2) is 53.5. The van der Waals surface area contributed by atoms with Crippen LogP contribution in [0.25, 0.3) is 0 Å². The van der Waals surface area contributed by atoms with Crippen LogP contribution < -0.4 is 5.73 Å². The fourth-order valence-electron chi connectivity index (χ4n) is 8.83. The second-order valence-corrected chi connectivity index (χ2v) is 21.0. The summed E-state index contributed by atoms with van der Waals surface area (Å²) in [4.78, 5) is 22.6. The maximum Gasteiger partial charge on any atom is 0.472 e. The highest BCUT2D eigenvalue weighted by Gasteiger charge is 2.25. The van der Waals surface area contributed by atoms with Crippen LogP contribution in [0, 0.1) is 0 Å². The Balaban J connectivity index is 3.67. The summed E-state index contributed by atoms with van der Waals surface area (Å²) >= 11 is 0. The van der Waals surface area contributed by atoms with Crippen LogP contribution in [0.5, 0.6) is 0 Å². The maximum absolute atomic E-state index is 12.7. The van der Waals surface area contributed by atoms with Gasteiger partial charge in [0.2, 0.25) is 0 Å². The third-order valence-electron chi connectivity index (χ3n) is 13.0. The van der Waals surface area contributed by atoms with Crippen LogP contribution in [0.2, 0.25) is 0 Å². The number of hydrogen-bond donors (Lipinski definition) is 2. The zero-order chi connectivity index (χ0) is 46.5. The number of phosphoric acid groups is 1. The van der Waals surface area contributed by atoms with Crippen molar-refractivity contribution in [2.24, 2.45) is 5.73 Å². The normalized spacial score (nSPS) is 13.1. The van der Waals surface area contributed by atoms with E-state index in [1.807, 2.05) is 0 Å². The van der Waals surface area contributed by atoms with E-state index in [4.69, 9.17) is 24.3 Å². The van der Waals surface area contributed by atoms with E-state index < -0.39 is 13.9 Å². The van der Waals surface area contributed by atoms with E-state index >= 15 is 0 Å². The molecule has 0 aromatic heterocycles. The Labute approximate surface area is 399 Å². The van der Waals surface area contributed by atoms with Crippen LogP contribution in [-0.2, 0) is 27.9 Å². The van der Waals surface area contributed by atoms with E-state index in [1.165, 1.54) is 257 Å². The molecular weight excluding hydrogens is 818 g/mol. The van der Waals surface area contributed by atoms with Gasteiger partial charge in [0, 0.05) is 19.6 Å². The van der Waals surface area contributed by atoms with Gasteiger partial charge in [0.05, 0.1) is 19.8 Å². The zero-order valence-corrected chi connectivity index (χ0v) is 44.0. The molecule has 64 heavy (non-hydrogen) atoms. The second-order valence-electron chi connectivity index (χ2n) is 19.5. The SMILES string of the molecule is CCCCCCCCCCCCCCCCCCCCCCCCCCCCCCCCCCCC(=O)O[C@H](COCCCCCCCCCCCCCC)COP(=O)(O)OCCN. The van der Waals surface area contributed by atoms with Crippen molar-refractivity contribution in [3.05, 3.63) is 0 Å². The first-order chi connectivity index (χ1) is 31.4. The lowest BCUT2D eigenvalue weighted by molar-refractivity contribution is -0.154. The molecule has 8 nitrogen and oxygen atoms in total. The Morgan fingerprint density at radius 2 is 0.688 bits per heavy atom. The third-order valence-corrected chi connectivity index (χ3v) is 14.0. The highest BCUT2D eigenvalue weighted by molar-refractivity contribution is 7.47. The lowest BCUT2D eigenvalue weighted by Gasteiger charge is -2.20. The average Bonchev–Trinajstić information content (AvgIpc) is 3.29. The number of nitrogens with two attached hydrogens (primary N) is 1. The van der Waals surface area contributed by atoms with Gasteiger partial charge < -0.3 is 20.1 Å². The van der Waals surface area contributed by atoms with E-state index in [0.717, 1.165) is 32.1 Å². The monoisotopic (exact) mass is 930 g/mol. The molecule has 0 aromatic carbocycles. The lowest BCUT2D eigenvalue weighted by atomic mass is 10.0. The van der Waals surface area contributed by atoms with Crippen molar-refractivity contribution in [3.63, 3.8) is 0 Å². The van der Waals surface area contributed by atoms with Crippen LogP contribution in [0.4, 0.5) is 0 Å². The molecule has 0 saturated heterocycles. The summed E-state index contributed by atoms with van der Waals surface area (Å²) in [7, 11) is -4.27. The number of esters is 1. The Morgan fingerprint density at radius 3 is 0.984 bits per heavy atom. The highest BCUT2D eigenvalue weighted by Crippen LogP contribution is 2.43. The minimum Gasteiger partial charge on any atom is -0.457 e. The fraction of sp³-hybridized carbons (Fsp3) is 0.982. The van der Waals surface area contributed by atoms with E-state index in [-0.39, 0.29) is 32.3 Å². The number of unbranched alkanes of at least 4 members (excludes halogenated alkanes) is 43. The number of phosphoric ester groups is 1. The molecule has 2 atom stereocenters. The van der Waals surface area contributed by atoms with E-state index in [1.54, 1.807) is 0 Å². The minimum atomic E-state index is -4.27. The van der Waals surface area contributed by atoms with Crippen LogP contribution >= 0.6 is 7.82 Å². The average molecular weight is 930 g/mol. The van der Waals surface area contributed by atoms with Crippen molar-refractivity contribution in [2.75, 3.05) is 33.0 Å². The first-order valence-electron chi connectivity index (χ1n) is 28.5. The topological polar surface area (TPSA) is 117 Å². The van der Waals surface area contributed by atoms with E-state index in [0.29, 0.717) is 13.0 Å². The van der Waals surface area contributed by atoms with Gasteiger partial charge in [-0.2, -0.15) is 0 Å². The van der Waals surface area contributed by atoms with Crippen molar-refractivity contribution in [1.82, 2.24) is 0 Å². The first kappa shape index (κ1) is 63.5. The van der Waals surface area contributed by atoms with Gasteiger partial charge in [-0.25, -0.2) is 4.57 Å². The molecule has 0 saturated carbocycles. The van der Waals surface area contributed by atoms with Crippen molar-refractivity contribution < 1.29 is 32.8 Å². The Kier molecular flexibility index (Phi) is 53.0. The summed E-state index contributed by atoms with van der Waals surface area (Å²) in [5.74, 6) is -0.320. The Bertz CT molecular complexity index is 955. The maximum atomic E-state index is 12.7. The van der Waals surface area contributed by atoms with Gasteiger partial charge in [0.25, 0.3) is 0 Å². The third kappa shape index (κ3) is 52.5. The fourth-order valence-corrected chi connectivity index (χ4v) is 9.59. The van der Waals surface area contributed by atoms with Crippen molar-refractivity contribution in [1.29, 1.82) is 0 Å². The molecule has 0 bridgehead atoms. The molecule has 1 unspecified atom stereocenters. The van der Waals surface area contributed by atoms with Crippen LogP contribution in [0.15, 0.2) is 0 Å². The molecule has 0 aliphatic heterocycles. The van der Waals surface area contributed by atoms with Gasteiger partial charge in [-0.15, -0.1) is 0 Å². The quantitative estimate of drug-likeness (QED) is 0.0352. The summed E-state index contributed by atoms with van der Waals surface area (Å²) in [5, 5.41) is 0. The highest BCUT2D eigenvalue weighted by atomic mass is 31.2. The molecule has 0 aromatic rings. The minimum absolute atomic E-state index is 0.0899. The van der Waals surface area contributed by atoms with E-state index in [2.05, 4.69) is 13.8 Å². The summed E-state index contributed by atoms with van der Waals surface area (Å²) in [5.41, 5.74) is 5.39. The molecule has 0 spiro atoms. The van der Waals surface area contributed by atoms with Gasteiger partial charge in [-0.3, -0.25) is 13.8 Å². The molecule has 0 aliphatic carbocycles. The largest absolute Gasteiger partial charge is 0.472 e. The van der Waals surface area contributed by atoms with Crippen LogP contribution in [0.1, 0.15) is 309 Å². The summed E-state index contributed by atoms with van der Waals surface area (Å²) in [6.45, 7) is 5.00. The summed E-state index contributed by atoms with van der Waals surface area (Å²) in [6, 6.07) is 0. The number of carbonyl (C=O) groups excluding carboxylic acids is 1. The molecule has 384 valence electrons. The van der Waals surface area contributed by atoms with Crippen molar-refractivity contribution >= 4 is 13.8 Å². The van der Waals surface area contributed by atoms with E-state index in [9.17, 15) is 14.3 Å². The number of hydrogen-bond acceptors (Lipinski definition) is 7. The summed E-state index contributed by atoms with van der Waals surface area (Å²) in [6.07, 6.45) is 60.4. The number of rotatable bonds is 56.